The summed E-state index contributed by atoms with van der Waals surface area (Å²) in [4.78, 5) is 0. The number of unbranched alkanes of at least 4 members (excludes halogenated alkanes) is 1. The second-order valence-electron chi connectivity index (χ2n) is 5.54. The number of sulfonamides is 1. The van der Waals surface area contributed by atoms with E-state index in [1.54, 1.807) is 0 Å². The van der Waals surface area contributed by atoms with Crippen LogP contribution in [0.4, 0.5) is 0 Å². The number of ether oxygens (including phenoxy) is 1. The molecule has 1 unspecified atom stereocenters. The maximum absolute atomic E-state index is 11.2. The van der Waals surface area contributed by atoms with Gasteiger partial charge >= 0.3 is 0 Å². The maximum Gasteiger partial charge on any atom is 0.209 e. The molecule has 0 radical (unpaired) electrons. The SMILES string of the molecule is CCCCc1ccc(OCC(CCC)CS(N)(=O)=O)cc1. The van der Waals surface area contributed by atoms with Crippen molar-refractivity contribution < 1.29 is 13.2 Å². The van der Waals surface area contributed by atoms with Gasteiger partial charge in [0.05, 0.1) is 12.4 Å². The normalized spacial score (nSPS) is 13.1. The predicted molar refractivity (Wildman–Crippen MR) is 86.9 cm³/mol. The molecule has 0 heterocycles. The van der Waals surface area contributed by atoms with Gasteiger partial charge in [0.25, 0.3) is 0 Å². The quantitative estimate of drug-likeness (QED) is 0.721. The average molecular weight is 313 g/mol. The maximum atomic E-state index is 11.2. The molecule has 1 aromatic carbocycles. The van der Waals surface area contributed by atoms with Crippen LogP contribution in [0, 0.1) is 5.92 Å². The largest absolute Gasteiger partial charge is 0.493 e. The molecular weight excluding hydrogens is 286 g/mol. The molecule has 0 bridgehead atoms. The third-order valence-electron chi connectivity index (χ3n) is 3.39. The summed E-state index contributed by atoms with van der Waals surface area (Å²) in [5, 5.41) is 5.12. The van der Waals surface area contributed by atoms with Crippen LogP contribution in [0.15, 0.2) is 24.3 Å². The van der Waals surface area contributed by atoms with Crippen LogP contribution in [0.5, 0.6) is 5.75 Å². The highest BCUT2D eigenvalue weighted by Crippen LogP contribution is 2.16. The Kier molecular flexibility index (Phi) is 7.75. The summed E-state index contributed by atoms with van der Waals surface area (Å²) in [6.45, 7) is 4.59. The van der Waals surface area contributed by atoms with Gasteiger partial charge in [-0.15, -0.1) is 0 Å². The van der Waals surface area contributed by atoms with Crippen molar-refractivity contribution in [1.29, 1.82) is 0 Å². The molecule has 120 valence electrons. The lowest BCUT2D eigenvalue weighted by Gasteiger charge is -2.16. The zero-order valence-corrected chi connectivity index (χ0v) is 13.9. The monoisotopic (exact) mass is 313 g/mol. The van der Waals surface area contributed by atoms with Gasteiger partial charge in [-0.2, -0.15) is 0 Å². The highest BCUT2D eigenvalue weighted by molar-refractivity contribution is 7.89. The second kappa shape index (κ2) is 9.05. The van der Waals surface area contributed by atoms with E-state index in [2.05, 4.69) is 19.1 Å². The second-order valence-corrected chi connectivity index (χ2v) is 7.20. The van der Waals surface area contributed by atoms with Crippen molar-refractivity contribution in [1.82, 2.24) is 0 Å². The van der Waals surface area contributed by atoms with Crippen LogP contribution >= 0.6 is 0 Å². The van der Waals surface area contributed by atoms with Crippen LogP contribution in [0.3, 0.4) is 0 Å². The first-order valence-corrected chi connectivity index (χ1v) is 9.38. The minimum absolute atomic E-state index is 0.0184. The molecule has 0 spiro atoms. The van der Waals surface area contributed by atoms with E-state index in [1.165, 1.54) is 18.4 Å². The van der Waals surface area contributed by atoms with Crippen molar-refractivity contribution in [2.24, 2.45) is 11.1 Å². The fourth-order valence-corrected chi connectivity index (χ4v) is 3.22. The molecule has 21 heavy (non-hydrogen) atoms. The van der Waals surface area contributed by atoms with Gasteiger partial charge in [0, 0.05) is 5.92 Å². The van der Waals surface area contributed by atoms with Gasteiger partial charge in [0.1, 0.15) is 5.75 Å². The van der Waals surface area contributed by atoms with Gasteiger partial charge in [0.2, 0.25) is 10.0 Å². The molecule has 0 amide bonds. The molecule has 0 aliphatic carbocycles. The van der Waals surface area contributed by atoms with Crippen molar-refractivity contribution in [3.63, 3.8) is 0 Å². The lowest BCUT2D eigenvalue weighted by molar-refractivity contribution is 0.252. The van der Waals surface area contributed by atoms with E-state index in [0.717, 1.165) is 25.0 Å². The van der Waals surface area contributed by atoms with Gasteiger partial charge in [-0.25, -0.2) is 13.6 Å². The van der Waals surface area contributed by atoms with Gasteiger partial charge in [-0.05, 0) is 37.0 Å². The standard InChI is InChI=1S/C16H27NO3S/c1-3-5-7-14-8-10-16(11-9-14)20-12-15(6-4-2)13-21(17,18)19/h8-11,15H,3-7,12-13H2,1-2H3,(H2,17,18,19). The molecule has 0 fully saturated rings. The van der Waals surface area contributed by atoms with E-state index in [1.807, 2.05) is 19.1 Å². The van der Waals surface area contributed by atoms with E-state index < -0.39 is 10.0 Å². The van der Waals surface area contributed by atoms with Crippen LogP contribution < -0.4 is 9.88 Å². The number of rotatable bonds is 10. The molecule has 0 aliphatic heterocycles. The minimum atomic E-state index is -3.45. The summed E-state index contributed by atoms with van der Waals surface area (Å²) in [5.41, 5.74) is 1.30. The van der Waals surface area contributed by atoms with Crippen LogP contribution in [0.2, 0.25) is 0 Å². The van der Waals surface area contributed by atoms with Gasteiger partial charge in [-0.3, -0.25) is 0 Å². The highest BCUT2D eigenvalue weighted by Gasteiger charge is 2.16. The van der Waals surface area contributed by atoms with Crippen molar-refractivity contribution >= 4 is 10.0 Å². The minimum Gasteiger partial charge on any atom is -0.493 e. The molecule has 5 heteroatoms. The Morgan fingerprint density at radius 3 is 2.33 bits per heavy atom. The van der Waals surface area contributed by atoms with Crippen LogP contribution in [0.1, 0.15) is 45.1 Å². The molecule has 1 aromatic rings. The van der Waals surface area contributed by atoms with Gasteiger partial charge < -0.3 is 4.74 Å². The first-order chi connectivity index (χ1) is 9.94. The van der Waals surface area contributed by atoms with Crippen LogP contribution in [0.25, 0.3) is 0 Å². The molecule has 0 aliphatic rings. The topological polar surface area (TPSA) is 69.4 Å². The molecule has 1 atom stereocenters. The Morgan fingerprint density at radius 1 is 1.14 bits per heavy atom. The highest BCUT2D eigenvalue weighted by atomic mass is 32.2. The summed E-state index contributed by atoms with van der Waals surface area (Å²) in [7, 11) is -3.45. The lowest BCUT2D eigenvalue weighted by atomic mass is 10.1. The van der Waals surface area contributed by atoms with Crippen molar-refractivity contribution in [3.8, 4) is 5.75 Å². The smallest absolute Gasteiger partial charge is 0.209 e. The predicted octanol–water partition coefficient (Wildman–Crippen LogP) is 3.11. The van der Waals surface area contributed by atoms with E-state index in [9.17, 15) is 8.42 Å². The summed E-state index contributed by atoms with van der Waals surface area (Å²) in [6, 6.07) is 8.04. The Bertz CT molecular complexity index is 497. The Hall–Kier alpha value is -1.07. The molecule has 4 nitrogen and oxygen atoms in total. The summed E-state index contributed by atoms with van der Waals surface area (Å²) >= 11 is 0. The van der Waals surface area contributed by atoms with E-state index in [4.69, 9.17) is 9.88 Å². The molecule has 0 saturated carbocycles. The summed E-state index contributed by atoms with van der Waals surface area (Å²) in [6.07, 6.45) is 5.17. The number of benzene rings is 1. The Morgan fingerprint density at radius 2 is 1.81 bits per heavy atom. The number of hydrogen-bond acceptors (Lipinski definition) is 3. The fraction of sp³-hybridized carbons (Fsp3) is 0.625. The Balaban J connectivity index is 2.51. The molecule has 2 N–H and O–H groups in total. The number of aryl methyl sites for hydroxylation is 1. The molecular formula is C16H27NO3S. The van der Waals surface area contributed by atoms with E-state index in [-0.39, 0.29) is 11.7 Å². The molecule has 1 rings (SSSR count). The number of hydrogen-bond donors (Lipinski definition) is 1. The third-order valence-corrected chi connectivity index (χ3v) is 4.33. The number of nitrogens with two attached hydrogens (primary N) is 1. The number of primary sulfonamides is 1. The summed E-state index contributed by atoms with van der Waals surface area (Å²) in [5.74, 6) is 0.714. The summed E-state index contributed by atoms with van der Waals surface area (Å²) < 4.78 is 28.1. The molecule has 0 aromatic heterocycles. The Labute approximate surface area is 128 Å². The zero-order valence-electron chi connectivity index (χ0n) is 13.0. The lowest BCUT2D eigenvalue weighted by Crippen LogP contribution is -2.26. The molecule has 0 saturated heterocycles. The van der Waals surface area contributed by atoms with Gasteiger partial charge in [-0.1, -0.05) is 38.8 Å². The zero-order chi connectivity index (χ0) is 15.7. The first kappa shape index (κ1) is 18.0. The van der Waals surface area contributed by atoms with E-state index >= 15 is 0 Å². The fourth-order valence-electron chi connectivity index (χ4n) is 2.30. The third kappa shape index (κ3) is 8.07. The van der Waals surface area contributed by atoms with Crippen molar-refractivity contribution in [2.45, 2.75) is 46.0 Å². The van der Waals surface area contributed by atoms with Crippen molar-refractivity contribution in [2.75, 3.05) is 12.4 Å². The van der Waals surface area contributed by atoms with Crippen LogP contribution in [-0.4, -0.2) is 20.8 Å². The first-order valence-electron chi connectivity index (χ1n) is 7.66. The average Bonchev–Trinajstić information content (AvgIpc) is 2.42. The van der Waals surface area contributed by atoms with Crippen molar-refractivity contribution in [3.05, 3.63) is 29.8 Å². The van der Waals surface area contributed by atoms with Crippen LogP contribution in [-0.2, 0) is 16.4 Å². The van der Waals surface area contributed by atoms with E-state index in [0.29, 0.717) is 6.61 Å². The van der Waals surface area contributed by atoms with Gasteiger partial charge in [0.15, 0.2) is 0 Å².